The first-order valence-electron chi connectivity index (χ1n) is 12.6. The number of hydrogen-bond donors (Lipinski definition) is 0. The summed E-state index contributed by atoms with van der Waals surface area (Å²) in [7, 11) is -1.20. The van der Waals surface area contributed by atoms with E-state index in [0.29, 0.717) is 17.5 Å². The van der Waals surface area contributed by atoms with Crippen LogP contribution in [0.5, 0.6) is 0 Å². The molecule has 5 nitrogen and oxygen atoms in total. The van der Waals surface area contributed by atoms with Crippen molar-refractivity contribution in [2.24, 2.45) is 5.41 Å². The number of aromatic nitrogens is 1. The Hall–Kier alpha value is -3.29. The van der Waals surface area contributed by atoms with E-state index < -0.39 is 10.8 Å². The molecule has 3 aromatic rings. The number of rotatable bonds is 4. The van der Waals surface area contributed by atoms with Gasteiger partial charge in [-0.25, -0.2) is 4.39 Å². The van der Waals surface area contributed by atoms with Gasteiger partial charge in [-0.2, -0.15) is 0 Å². The topological polar surface area (TPSA) is 51.5 Å². The van der Waals surface area contributed by atoms with E-state index in [-0.39, 0.29) is 17.1 Å². The van der Waals surface area contributed by atoms with Crippen molar-refractivity contribution in [2.45, 2.75) is 24.2 Å². The Morgan fingerprint density at radius 1 is 1.05 bits per heavy atom. The van der Waals surface area contributed by atoms with Gasteiger partial charge in [0.2, 0.25) is 0 Å². The number of halogens is 1. The van der Waals surface area contributed by atoms with Crippen molar-refractivity contribution in [1.82, 2.24) is 9.47 Å². The number of allylic oxidation sites excluding steroid dienone is 6. The number of fused-ring (bicyclic) bond motifs is 1. The monoisotopic (exact) mass is 516 g/mol. The van der Waals surface area contributed by atoms with Gasteiger partial charge in [0.15, 0.2) is 0 Å². The van der Waals surface area contributed by atoms with Gasteiger partial charge in [-0.05, 0) is 49.1 Å². The summed E-state index contributed by atoms with van der Waals surface area (Å²) in [5.74, 6) is -0.230. The van der Waals surface area contributed by atoms with Gasteiger partial charge >= 0.3 is 0 Å². The van der Waals surface area contributed by atoms with Crippen LogP contribution in [0.1, 0.15) is 35.2 Å². The molecule has 37 heavy (non-hydrogen) atoms. The fraction of sp³-hybridized carbons (Fsp3) is 0.300. The summed E-state index contributed by atoms with van der Waals surface area (Å²) in [6, 6.07) is 12.4. The average molecular weight is 517 g/mol. The van der Waals surface area contributed by atoms with Gasteiger partial charge in [-0.1, -0.05) is 42.5 Å². The third kappa shape index (κ3) is 4.40. The number of amides is 1. The van der Waals surface area contributed by atoms with Crippen molar-refractivity contribution in [3.05, 3.63) is 89.9 Å². The zero-order chi connectivity index (χ0) is 25.6. The van der Waals surface area contributed by atoms with Crippen LogP contribution in [-0.2, 0) is 15.5 Å². The Bertz CT molecular complexity index is 1500. The molecular weight excluding hydrogens is 487 g/mol. The lowest BCUT2D eigenvalue weighted by Gasteiger charge is -2.47. The van der Waals surface area contributed by atoms with Crippen molar-refractivity contribution in [1.29, 1.82) is 0 Å². The molecule has 1 unspecified atom stereocenters. The molecule has 2 aromatic carbocycles. The molecular formula is C30H29FN2O3S. The van der Waals surface area contributed by atoms with Crippen LogP contribution >= 0.6 is 0 Å². The summed E-state index contributed by atoms with van der Waals surface area (Å²) in [6.45, 7) is 3.09. The molecule has 0 saturated carbocycles. The molecule has 3 aliphatic rings. The van der Waals surface area contributed by atoms with E-state index in [2.05, 4.69) is 6.08 Å². The normalized spacial score (nSPS) is 19.8. The first kappa shape index (κ1) is 24.1. The SMILES string of the molecule is CS(=O)c1cn(C2=CCC=C(c3ccccc3F)C=C2)c2cc(C(=O)N3CCC4(CC3)COC4)ccc12. The number of benzene rings is 2. The molecule has 2 saturated heterocycles. The number of carbonyl (C=O) groups excluding carboxylic acids is 1. The lowest BCUT2D eigenvalue weighted by molar-refractivity contribution is -0.136. The van der Waals surface area contributed by atoms with Crippen molar-refractivity contribution in [3.63, 3.8) is 0 Å². The predicted molar refractivity (Wildman–Crippen MR) is 145 cm³/mol. The number of piperidine rings is 1. The van der Waals surface area contributed by atoms with Gasteiger partial charge in [-0.15, -0.1) is 0 Å². The second-order valence-electron chi connectivity index (χ2n) is 10.2. The van der Waals surface area contributed by atoms with Crippen molar-refractivity contribution >= 4 is 38.9 Å². The standard InChI is InChI=1S/C30H29FN2O3S/c1-37(35)28-18-33(23-6-4-5-21(9-11-23)24-7-2-3-8-26(24)31)27-17-22(10-12-25(27)28)29(34)32-15-13-30(14-16-32)19-36-20-30/h2-3,5-12,17-18H,4,13-16,19-20H2,1H3. The molecule has 1 spiro atoms. The Morgan fingerprint density at radius 3 is 2.54 bits per heavy atom. The minimum absolute atomic E-state index is 0.0257. The van der Waals surface area contributed by atoms with Crippen molar-refractivity contribution in [2.75, 3.05) is 32.6 Å². The van der Waals surface area contributed by atoms with Crippen LogP contribution in [0.15, 0.2) is 77.9 Å². The molecule has 3 heterocycles. The highest BCUT2D eigenvalue weighted by atomic mass is 32.2. The molecule has 2 fully saturated rings. The van der Waals surface area contributed by atoms with E-state index in [9.17, 15) is 13.4 Å². The smallest absolute Gasteiger partial charge is 0.253 e. The minimum atomic E-state index is -1.20. The summed E-state index contributed by atoms with van der Waals surface area (Å²) in [4.78, 5) is 16.1. The van der Waals surface area contributed by atoms with Gasteiger partial charge in [0, 0.05) is 53.2 Å². The Kier molecular flexibility index (Phi) is 6.21. The Morgan fingerprint density at radius 2 is 1.84 bits per heavy atom. The molecule has 0 bridgehead atoms. The van der Waals surface area contributed by atoms with Gasteiger partial charge in [0.25, 0.3) is 5.91 Å². The van der Waals surface area contributed by atoms with Crippen molar-refractivity contribution in [3.8, 4) is 0 Å². The number of ether oxygens (including phenoxy) is 1. The minimum Gasteiger partial charge on any atom is -0.380 e. The summed E-state index contributed by atoms with van der Waals surface area (Å²) in [6.07, 6.45) is 14.1. The number of likely N-dealkylation sites (tertiary alicyclic amines) is 1. The Balaban J connectivity index is 1.33. The average Bonchev–Trinajstić information content (AvgIpc) is 3.10. The van der Waals surface area contributed by atoms with E-state index >= 15 is 0 Å². The van der Waals surface area contributed by atoms with Crippen LogP contribution in [-0.4, -0.2) is 52.1 Å². The van der Waals surface area contributed by atoms with E-state index in [4.69, 9.17) is 4.74 Å². The van der Waals surface area contributed by atoms with Gasteiger partial charge in [0.1, 0.15) is 5.82 Å². The van der Waals surface area contributed by atoms with Crippen LogP contribution in [0.4, 0.5) is 4.39 Å². The maximum atomic E-state index is 14.4. The number of carbonyl (C=O) groups is 1. The van der Waals surface area contributed by atoms with Gasteiger partial charge < -0.3 is 14.2 Å². The number of nitrogens with zero attached hydrogens (tertiary/aromatic N) is 2. The lowest BCUT2D eigenvalue weighted by Crippen LogP contribution is -2.52. The maximum Gasteiger partial charge on any atom is 0.253 e. The lowest BCUT2D eigenvalue weighted by atomic mass is 9.77. The van der Waals surface area contributed by atoms with Gasteiger partial charge in [0.05, 0.1) is 34.4 Å². The maximum absolute atomic E-state index is 14.4. The Labute approximate surface area is 218 Å². The molecule has 7 heteroatoms. The molecule has 190 valence electrons. The fourth-order valence-corrected chi connectivity index (χ4v) is 6.25. The fourth-order valence-electron chi connectivity index (χ4n) is 5.51. The zero-order valence-corrected chi connectivity index (χ0v) is 21.6. The van der Waals surface area contributed by atoms with Crippen LogP contribution in [0.3, 0.4) is 0 Å². The molecule has 6 rings (SSSR count). The highest BCUT2D eigenvalue weighted by molar-refractivity contribution is 7.84. The summed E-state index contributed by atoms with van der Waals surface area (Å²) in [5, 5.41) is 0.863. The first-order valence-corrected chi connectivity index (χ1v) is 14.2. The van der Waals surface area contributed by atoms with Crippen LogP contribution < -0.4 is 0 Å². The quantitative estimate of drug-likeness (QED) is 0.450. The molecule has 1 aliphatic carbocycles. The second-order valence-corrected chi connectivity index (χ2v) is 11.5. The third-order valence-electron chi connectivity index (χ3n) is 7.81. The molecule has 1 aromatic heterocycles. The van der Waals surface area contributed by atoms with Gasteiger partial charge in [-0.3, -0.25) is 9.00 Å². The molecule has 0 N–H and O–H groups in total. The van der Waals surface area contributed by atoms with E-state index in [1.807, 2.05) is 58.2 Å². The molecule has 2 aliphatic heterocycles. The largest absolute Gasteiger partial charge is 0.380 e. The second kappa shape index (κ2) is 9.54. The molecule has 0 radical (unpaired) electrons. The van der Waals surface area contributed by atoms with Crippen LogP contribution in [0, 0.1) is 11.2 Å². The van der Waals surface area contributed by atoms with E-state index in [1.54, 1.807) is 18.4 Å². The number of hydrogen-bond acceptors (Lipinski definition) is 3. The van der Waals surface area contributed by atoms with E-state index in [1.165, 1.54) is 6.07 Å². The summed E-state index contributed by atoms with van der Waals surface area (Å²) in [5.41, 5.74) is 4.00. The third-order valence-corrected chi connectivity index (χ3v) is 8.76. The molecule has 1 amide bonds. The highest BCUT2D eigenvalue weighted by Crippen LogP contribution is 2.39. The molecule has 1 atom stereocenters. The predicted octanol–water partition coefficient (Wildman–Crippen LogP) is 5.65. The van der Waals surface area contributed by atoms with Crippen molar-refractivity contribution < 1.29 is 18.1 Å². The highest BCUT2D eigenvalue weighted by Gasteiger charge is 2.42. The summed E-state index contributed by atoms with van der Waals surface area (Å²) < 4.78 is 34.4. The van der Waals surface area contributed by atoms with Crippen LogP contribution in [0.2, 0.25) is 0 Å². The first-order chi connectivity index (χ1) is 17.9. The van der Waals surface area contributed by atoms with Crippen LogP contribution in [0.25, 0.3) is 22.2 Å². The van der Waals surface area contributed by atoms with E-state index in [0.717, 1.165) is 66.2 Å². The zero-order valence-electron chi connectivity index (χ0n) is 20.8. The summed E-state index contributed by atoms with van der Waals surface area (Å²) >= 11 is 0.